The lowest BCUT2D eigenvalue weighted by atomic mass is 9.97. The predicted octanol–water partition coefficient (Wildman–Crippen LogP) is 1.56. The molecule has 2 rings (SSSR count). The summed E-state index contributed by atoms with van der Waals surface area (Å²) >= 11 is 0. The molecular weight excluding hydrogens is 244 g/mol. The Morgan fingerprint density at radius 2 is 2.11 bits per heavy atom. The SMILES string of the molecule is CCS(=O)CCN1CC2CCCN2CC1C(C)C. The highest BCUT2D eigenvalue weighted by atomic mass is 32.2. The van der Waals surface area contributed by atoms with Crippen LogP contribution in [0.3, 0.4) is 0 Å². The molecule has 3 atom stereocenters. The van der Waals surface area contributed by atoms with E-state index in [0.717, 1.165) is 24.1 Å². The number of nitrogens with zero attached hydrogens (tertiary/aromatic N) is 2. The average Bonchev–Trinajstić information content (AvgIpc) is 2.81. The van der Waals surface area contributed by atoms with Crippen molar-refractivity contribution in [2.75, 3.05) is 37.7 Å². The van der Waals surface area contributed by atoms with Gasteiger partial charge in [0, 0.05) is 54.0 Å². The quantitative estimate of drug-likeness (QED) is 0.759. The number of rotatable bonds is 5. The monoisotopic (exact) mass is 272 g/mol. The normalized spacial score (nSPS) is 31.8. The zero-order valence-corrected chi connectivity index (χ0v) is 12.9. The molecule has 2 heterocycles. The van der Waals surface area contributed by atoms with E-state index < -0.39 is 10.8 Å². The first kappa shape index (κ1) is 14.5. The molecule has 2 aliphatic rings. The van der Waals surface area contributed by atoms with Gasteiger partial charge in [0.15, 0.2) is 0 Å². The molecule has 2 saturated heterocycles. The van der Waals surface area contributed by atoms with Crippen LogP contribution in [-0.4, -0.2) is 63.8 Å². The van der Waals surface area contributed by atoms with Crippen LogP contribution in [0.15, 0.2) is 0 Å². The summed E-state index contributed by atoms with van der Waals surface area (Å²) in [6, 6.07) is 1.43. The van der Waals surface area contributed by atoms with E-state index in [9.17, 15) is 4.21 Å². The highest BCUT2D eigenvalue weighted by molar-refractivity contribution is 7.84. The van der Waals surface area contributed by atoms with Crippen molar-refractivity contribution < 1.29 is 4.21 Å². The average molecular weight is 272 g/mol. The molecule has 2 fully saturated rings. The number of hydrogen-bond donors (Lipinski definition) is 0. The second kappa shape index (κ2) is 6.49. The van der Waals surface area contributed by atoms with Crippen LogP contribution < -0.4 is 0 Å². The highest BCUT2D eigenvalue weighted by Crippen LogP contribution is 2.27. The van der Waals surface area contributed by atoms with Crippen LogP contribution in [0.25, 0.3) is 0 Å². The zero-order valence-electron chi connectivity index (χ0n) is 12.1. The van der Waals surface area contributed by atoms with Crippen molar-refractivity contribution >= 4 is 10.8 Å². The summed E-state index contributed by atoms with van der Waals surface area (Å²) in [6.45, 7) is 11.4. The first-order valence-electron chi connectivity index (χ1n) is 7.45. The standard InChI is InChI=1S/C14H28N2OS/c1-4-18(17)9-8-16-10-13-6-5-7-15(13)11-14(16)12(2)3/h12-14H,4-11H2,1-3H3. The van der Waals surface area contributed by atoms with Gasteiger partial charge in [0.25, 0.3) is 0 Å². The number of piperazine rings is 1. The second-order valence-electron chi connectivity index (χ2n) is 6.03. The van der Waals surface area contributed by atoms with Gasteiger partial charge in [-0.25, -0.2) is 0 Å². The van der Waals surface area contributed by atoms with Gasteiger partial charge in [0.1, 0.15) is 0 Å². The molecular formula is C14H28N2OS. The molecule has 3 unspecified atom stereocenters. The fourth-order valence-electron chi connectivity index (χ4n) is 3.36. The summed E-state index contributed by atoms with van der Waals surface area (Å²) in [6.07, 6.45) is 2.72. The van der Waals surface area contributed by atoms with Gasteiger partial charge < -0.3 is 0 Å². The van der Waals surface area contributed by atoms with Crippen molar-refractivity contribution in [3.05, 3.63) is 0 Å². The molecule has 3 nitrogen and oxygen atoms in total. The van der Waals surface area contributed by atoms with Crippen molar-refractivity contribution in [2.45, 2.75) is 45.7 Å². The van der Waals surface area contributed by atoms with E-state index in [-0.39, 0.29) is 0 Å². The van der Waals surface area contributed by atoms with Crippen molar-refractivity contribution in [2.24, 2.45) is 5.92 Å². The molecule has 106 valence electrons. The van der Waals surface area contributed by atoms with E-state index in [1.165, 1.54) is 32.5 Å². The molecule has 0 saturated carbocycles. The molecule has 2 aliphatic heterocycles. The third-order valence-electron chi connectivity index (χ3n) is 4.53. The van der Waals surface area contributed by atoms with Crippen LogP contribution >= 0.6 is 0 Å². The first-order valence-corrected chi connectivity index (χ1v) is 8.93. The topological polar surface area (TPSA) is 23.6 Å². The summed E-state index contributed by atoms with van der Waals surface area (Å²) < 4.78 is 11.6. The molecule has 0 aromatic rings. The summed E-state index contributed by atoms with van der Waals surface area (Å²) in [5.41, 5.74) is 0. The minimum atomic E-state index is -0.618. The Morgan fingerprint density at radius 3 is 2.78 bits per heavy atom. The second-order valence-corrected chi connectivity index (χ2v) is 7.90. The number of hydrogen-bond acceptors (Lipinski definition) is 3. The summed E-state index contributed by atoms with van der Waals surface area (Å²) in [7, 11) is -0.618. The molecule has 0 aromatic carbocycles. The molecule has 0 bridgehead atoms. The third kappa shape index (κ3) is 3.34. The van der Waals surface area contributed by atoms with Crippen LogP contribution in [0, 0.1) is 5.92 Å². The van der Waals surface area contributed by atoms with Crippen LogP contribution in [0.1, 0.15) is 33.6 Å². The van der Waals surface area contributed by atoms with Gasteiger partial charge in [-0.15, -0.1) is 0 Å². The maximum absolute atomic E-state index is 11.6. The molecule has 0 aliphatic carbocycles. The zero-order chi connectivity index (χ0) is 13.1. The Kier molecular flexibility index (Phi) is 5.22. The first-order chi connectivity index (χ1) is 8.61. The lowest BCUT2D eigenvalue weighted by Gasteiger charge is -2.45. The molecule has 0 amide bonds. The fraction of sp³-hybridized carbons (Fsp3) is 1.00. The molecule has 4 heteroatoms. The van der Waals surface area contributed by atoms with E-state index in [0.29, 0.717) is 12.0 Å². The molecule has 0 spiro atoms. The maximum atomic E-state index is 11.6. The van der Waals surface area contributed by atoms with E-state index in [2.05, 4.69) is 23.6 Å². The van der Waals surface area contributed by atoms with Crippen LogP contribution in [0.2, 0.25) is 0 Å². The van der Waals surface area contributed by atoms with Crippen molar-refractivity contribution in [1.29, 1.82) is 0 Å². The van der Waals surface area contributed by atoms with Gasteiger partial charge in [-0.1, -0.05) is 20.8 Å². The molecule has 18 heavy (non-hydrogen) atoms. The van der Waals surface area contributed by atoms with Crippen molar-refractivity contribution in [1.82, 2.24) is 9.80 Å². The predicted molar refractivity (Wildman–Crippen MR) is 78.3 cm³/mol. The molecule has 0 N–H and O–H groups in total. The van der Waals surface area contributed by atoms with Crippen LogP contribution in [0.5, 0.6) is 0 Å². The Morgan fingerprint density at radius 1 is 1.33 bits per heavy atom. The lowest BCUT2D eigenvalue weighted by molar-refractivity contribution is 0.0338. The largest absolute Gasteiger partial charge is 0.298 e. The van der Waals surface area contributed by atoms with Gasteiger partial charge >= 0.3 is 0 Å². The van der Waals surface area contributed by atoms with E-state index in [4.69, 9.17) is 0 Å². The minimum Gasteiger partial charge on any atom is -0.298 e. The van der Waals surface area contributed by atoms with Crippen molar-refractivity contribution in [3.63, 3.8) is 0 Å². The Balaban J connectivity index is 1.94. The van der Waals surface area contributed by atoms with Gasteiger partial charge in [0.2, 0.25) is 0 Å². The van der Waals surface area contributed by atoms with Crippen LogP contribution in [-0.2, 0) is 10.8 Å². The lowest BCUT2D eigenvalue weighted by Crippen LogP contribution is -2.58. The number of fused-ring (bicyclic) bond motifs is 1. The Labute approximate surface area is 114 Å². The smallest absolute Gasteiger partial charge is 0.0362 e. The molecule has 0 radical (unpaired) electrons. The third-order valence-corrected chi connectivity index (χ3v) is 5.81. The van der Waals surface area contributed by atoms with Gasteiger partial charge in [-0.3, -0.25) is 14.0 Å². The van der Waals surface area contributed by atoms with Gasteiger partial charge in [-0.05, 0) is 25.3 Å². The maximum Gasteiger partial charge on any atom is 0.0362 e. The Bertz CT molecular complexity index is 296. The summed E-state index contributed by atoms with van der Waals surface area (Å²) in [5.74, 6) is 2.35. The highest BCUT2D eigenvalue weighted by Gasteiger charge is 2.37. The van der Waals surface area contributed by atoms with Crippen molar-refractivity contribution in [3.8, 4) is 0 Å². The minimum absolute atomic E-state index is 0.618. The van der Waals surface area contributed by atoms with Gasteiger partial charge in [-0.2, -0.15) is 0 Å². The summed E-state index contributed by atoms with van der Waals surface area (Å²) in [4.78, 5) is 5.29. The van der Waals surface area contributed by atoms with E-state index in [1.807, 2.05) is 6.92 Å². The van der Waals surface area contributed by atoms with E-state index >= 15 is 0 Å². The Hall–Kier alpha value is 0.0700. The van der Waals surface area contributed by atoms with Gasteiger partial charge in [0.05, 0.1) is 0 Å². The van der Waals surface area contributed by atoms with Crippen LogP contribution in [0.4, 0.5) is 0 Å². The summed E-state index contributed by atoms with van der Waals surface area (Å²) in [5, 5.41) is 0. The molecule has 0 aromatic heterocycles. The fourth-order valence-corrected chi connectivity index (χ4v) is 4.08. The van der Waals surface area contributed by atoms with E-state index in [1.54, 1.807) is 0 Å².